The summed E-state index contributed by atoms with van der Waals surface area (Å²) in [5.41, 5.74) is 1.05. The van der Waals surface area contributed by atoms with Gasteiger partial charge < -0.3 is 5.11 Å². The largest absolute Gasteiger partial charge is 0.481 e. The van der Waals surface area contributed by atoms with E-state index in [9.17, 15) is 17.6 Å². The van der Waals surface area contributed by atoms with Crippen molar-refractivity contribution >= 4 is 21.5 Å². The van der Waals surface area contributed by atoms with Crippen LogP contribution < -0.4 is 0 Å². The van der Waals surface area contributed by atoms with Crippen LogP contribution in [0.4, 0.5) is 4.39 Å². The first-order chi connectivity index (χ1) is 11.3. The molecule has 0 saturated carbocycles. The third kappa shape index (κ3) is 2.58. The summed E-state index contributed by atoms with van der Waals surface area (Å²) >= 11 is 0. The van der Waals surface area contributed by atoms with Crippen LogP contribution in [-0.4, -0.2) is 30.2 Å². The SMILES string of the molecule is CC1=C(CC(=O)O)C2=C(S(=O)(=O)c3cccnc3)C(F)=CCC2=N1. The molecule has 1 aromatic rings. The number of carboxylic acid groups (broad SMARTS) is 1. The fraction of sp³-hybridized carbons (Fsp3) is 0.188. The minimum atomic E-state index is -4.19. The molecule has 0 atom stereocenters. The number of allylic oxidation sites excluding steroid dienone is 4. The number of aliphatic imine (C=N–C) groups is 1. The molecule has 2 heterocycles. The molecule has 0 amide bonds. The highest BCUT2D eigenvalue weighted by molar-refractivity contribution is 7.95. The fourth-order valence-electron chi connectivity index (χ4n) is 2.75. The van der Waals surface area contributed by atoms with Crippen molar-refractivity contribution in [3.05, 3.63) is 58.2 Å². The van der Waals surface area contributed by atoms with Gasteiger partial charge in [-0.05, 0) is 30.7 Å². The standard InChI is InChI=1S/C16H13FN2O4S/c1-9-11(7-14(20)21)15-13(19-9)5-4-12(17)16(15)24(22,23)10-3-2-6-18-8-10/h2-4,6,8H,5,7H2,1H3,(H,20,21). The van der Waals surface area contributed by atoms with Gasteiger partial charge in [-0.1, -0.05) is 0 Å². The van der Waals surface area contributed by atoms with Gasteiger partial charge in [-0.2, -0.15) is 0 Å². The molecule has 1 aromatic heterocycles. The highest BCUT2D eigenvalue weighted by Gasteiger charge is 2.37. The van der Waals surface area contributed by atoms with Crippen LogP contribution in [-0.2, 0) is 14.6 Å². The second kappa shape index (κ2) is 5.79. The average molecular weight is 348 g/mol. The summed E-state index contributed by atoms with van der Waals surface area (Å²) in [5, 5.41) is 9.08. The summed E-state index contributed by atoms with van der Waals surface area (Å²) < 4.78 is 40.2. The maximum absolute atomic E-state index is 14.5. The maximum atomic E-state index is 14.5. The van der Waals surface area contributed by atoms with Gasteiger partial charge in [0.25, 0.3) is 0 Å². The van der Waals surface area contributed by atoms with Crippen LogP contribution in [0.5, 0.6) is 0 Å². The van der Waals surface area contributed by atoms with E-state index in [0.717, 1.165) is 12.3 Å². The Balaban J connectivity index is 2.27. The Morgan fingerprint density at radius 2 is 2.17 bits per heavy atom. The zero-order chi connectivity index (χ0) is 17.5. The number of rotatable bonds is 4. The fourth-order valence-corrected chi connectivity index (χ4v) is 4.29. The van der Waals surface area contributed by atoms with E-state index in [0.29, 0.717) is 11.4 Å². The molecule has 0 bridgehead atoms. The molecule has 2 aliphatic rings. The van der Waals surface area contributed by atoms with Crippen molar-refractivity contribution in [2.75, 3.05) is 0 Å². The molecule has 8 heteroatoms. The first-order valence-electron chi connectivity index (χ1n) is 7.07. The van der Waals surface area contributed by atoms with Crippen molar-refractivity contribution in [1.82, 2.24) is 4.98 Å². The Bertz CT molecular complexity index is 957. The van der Waals surface area contributed by atoms with Gasteiger partial charge in [0, 0.05) is 30.1 Å². The van der Waals surface area contributed by atoms with Gasteiger partial charge in [0.15, 0.2) is 0 Å². The molecule has 0 fully saturated rings. The Morgan fingerprint density at radius 3 is 2.79 bits per heavy atom. The van der Waals surface area contributed by atoms with E-state index in [-0.39, 0.29) is 22.5 Å². The van der Waals surface area contributed by atoms with Gasteiger partial charge in [0.2, 0.25) is 9.84 Å². The molecule has 0 radical (unpaired) electrons. The summed E-state index contributed by atoms with van der Waals surface area (Å²) in [4.78, 5) is 18.4. The molecular weight excluding hydrogens is 335 g/mol. The first kappa shape index (κ1) is 16.3. The quantitative estimate of drug-likeness (QED) is 0.902. The van der Waals surface area contributed by atoms with E-state index >= 15 is 0 Å². The van der Waals surface area contributed by atoms with Crippen LogP contribution >= 0.6 is 0 Å². The number of nitrogens with zero attached hydrogens (tertiary/aromatic N) is 2. The number of hydrogen-bond donors (Lipinski definition) is 1. The lowest BCUT2D eigenvalue weighted by molar-refractivity contribution is -0.136. The van der Waals surface area contributed by atoms with E-state index in [1.54, 1.807) is 6.92 Å². The van der Waals surface area contributed by atoms with Crippen molar-refractivity contribution in [1.29, 1.82) is 0 Å². The second-order valence-electron chi connectivity index (χ2n) is 5.35. The predicted molar refractivity (Wildman–Crippen MR) is 84.6 cm³/mol. The van der Waals surface area contributed by atoms with Crippen molar-refractivity contribution in [2.45, 2.75) is 24.7 Å². The highest BCUT2D eigenvalue weighted by atomic mass is 32.2. The predicted octanol–water partition coefficient (Wildman–Crippen LogP) is 2.57. The van der Waals surface area contributed by atoms with Crippen LogP contribution in [0.3, 0.4) is 0 Å². The van der Waals surface area contributed by atoms with E-state index < -0.39 is 33.0 Å². The van der Waals surface area contributed by atoms with Gasteiger partial charge in [-0.3, -0.25) is 14.8 Å². The van der Waals surface area contributed by atoms with E-state index in [4.69, 9.17) is 5.11 Å². The molecule has 1 aliphatic carbocycles. The van der Waals surface area contributed by atoms with Gasteiger partial charge in [0.05, 0.1) is 17.0 Å². The highest BCUT2D eigenvalue weighted by Crippen LogP contribution is 2.41. The van der Waals surface area contributed by atoms with Crippen LogP contribution in [0.15, 0.2) is 68.1 Å². The number of aliphatic carboxylic acids is 1. The second-order valence-corrected chi connectivity index (χ2v) is 7.23. The Morgan fingerprint density at radius 1 is 1.42 bits per heavy atom. The van der Waals surface area contributed by atoms with Crippen LogP contribution in [0.1, 0.15) is 19.8 Å². The number of halogens is 1. The lowest BCUT2D eigenvalue weighted by Crippen LogP contribution is -2.18. The minimum Gasteiger partial charge on any atom is -0.481 e. The third-order valence-corrected chi connectivity index (χ3v) is 5.59. The first-order valence-corrected chi connectivity index (χ1v) is 8.56. The maximum Gasteiger partial charge on any atom is 0.307 e. The Hall–Kier alpha value is -2.61. The van der Waals surface area contributed by atoms with Gasteiger partial charge in [0.1, 0.15) is 10.7 Å². The monoisotopic (exact) mass is 348 g/mol. The third-order valence-electron chi connectivity index (χ3n) is 3.79. The molecule has 1 N–H and O–H groups in total. The molecule has 0 spiro atoms. The average Bonchev–Trinajstić information content (AvgIpc) is 2.83. The number of hydrogen-bond acceptors (Lipinski definition) is 5. The summed E-state index contributed by atoms with van der Waals surface area (Å²) in [6, 6.07) is 2.75. The van der Waals surface area contributed by atoms with E-state index in [2.05, 4.69) is 9.98 Å². The van der Waals surface area contributed by atoms with Crippen molar-refractivity contribution in [3.63, 3.8) is 0 Å². The number of sulfone groups is 1. The normalized spacial score (nSPS) is 17.6. The molecule has 0 unspecified atom stereocenters. The van der Waals surface area contributed by atoms with Crippen molar-refractivity contribution in [2.24, 2.45) is 4.99 Å². The van der Waals surface area contributed by atoms with Crippen molar-refractivity contribution < 1.29 is 22.7 Å². The van der Waals surface area contributed by atoms with Crippen LogP contribution in [0, 0.1) is 0 Å². The molecule has 3 rings (SSSR count). The number of fused-ring (bicyclic) bond motifs is 1. The number of carbonyl (C=O) groups is 1. The van der Waals surface area contributed by atoms with Gasteiger partial charge in [-0.25, -0.2) is 12.8 Å². The van der Waals surface area contributed by atoms with Crippen LogP contribution in [0.2, 0.25) is 0 Å². The molecule has 0 saturated heterocycles. The molecular formula is C16H13FN2O4S. The zero-order valence-electron chi connectivity index (χ0n) is 12.7. The number of pyridine rings is 1. The summed E-state index contributed by atoms with van der Waals surface area (Å²) in [5.74, 6) is -2.04. The molecule has 1 aliphatic heterocycles. The van der Waals surface area contributed by atoms with E-state index in [1.807, 2.05) is 0 Å². The van der Waals surface area contributed by atoms with Gasteiger partial charge in [-0.15, -0.1) is 0 Å². The Kier molecular flexibility index (Phi) is 3.92. The van der Waals surface area contributed by atoms with E-state index in [1.165, 1.54) is 18.3 Å². The molecule has 24 heavy (non-hydrogen) atoms. The molecule has 6 nitrogen and oxygen atoms in total. The summed E-state index contributed by atoms with van der Waals surface area (Å²) in [6.07, 6.45) is 3.38. The topological polar surface area (TPSA) is 96.7 Å². The smallest absolute Gasteiger partial charge is 0.307 e. The lowest BCUT2D eigenvalue weighted by Gasteiger charge is -2.18. The van der Waals surface area contributed by atoms with Crippen LogP contribution in [0.25, 0.3) is 0 Å². The molecule has 124 valence electrons. The number of aromatic nitrogens is 1. The Labute approximate surface area is 137 Å². The molecule has 0 aromatic carbocycles. The summed E-state index contributed by atoms with van der Waals surface area (Å²) in [7, 11) is -4.19. The van der Waals surface area contributed by atoms with Crippen molar-refractivity contribution in [3.8, 4) is 0 Å². The number of carboxylic acids is 1. The zero-order valence-corrected chi connectivity index (χ0v) is 13.5. The van der Waals surface area contributed by atoms with Gasteiger partial charge >= 0.3 is 5.97 Å². The lowest BCUT2D eigenvalue weighted by atomic mass is 9.94. The minimum absolute atomic E-state index is 0.0683. The summed E-state index contributed by atoms with van der Waals surface area (Å²) in [6.45, 7) is 1.59.